The first-order valence-corrected chi connectivity index (χ1v) is 6.57. The van der Waals surface area contributed by atoms with Gasteiger partial charge in [0.25, 0.3) is 0 Å². The first kappa shape index (κ1) is 12.5. The second-order valence-corrected chi connectivity index (χ2v) is 4.80. The fraction of sp³-hybridized carbons (Fsp3) is 0.643. The summed E-state index contributed by atoms with van der Waals surface area (Å²) >= 11 is 0. The minimum absolute atomic E-state index is 0.165. The van der Waals surface area contributed by atoms with Gasteiger partial charge in [-0.1, -0.05) is 13.0 Å². The Hall–Kier alpha value is -0.930. The molecule has 1 saturated heterocycles. The van der Waals surface area contributed by atoms with Crippen LogP contribution in [-0.4, -0.2) is 24.2 Å². The number of hydrogen-bond donors (Lipinski definition) is 1. The zero-order valence-corrected chi connectivity index (χ0v) is 10.8. The van der Waals surface area contributed by atoms with Crippen molar-refractivity contribution in [1.29, 1.82) is 0 Å². The highest BCUT2D eigenvalue weighted by molar-refractivity contribution is 5.14. The van der Waals surface area contributed by atoms with Gasteiger partial charge in [0, 0.05) is 18.8 Å². The molecule has 0 saturated carbocycles. The van der Waals surface area contributed by atoms with Crippen molar-refractivity contribution in [1.82, 2.24) is 10.3 Å². The molecule has 94 valence electrons. The number of hydrogen-bond acceptors (Lipinski definition) is 3. The van der Waals surface area contributed by atoms with Crippen LogP contribution in [0.4, 0.5) is 0 Å². The molecule has 2 atom stereocenters. The van der Waals surface area contributed by atoms with Crippen LogP contribution in [0.3, 0.4) is 0 Å². The van der Waals surface area contributed by atoms with Crippen molar-refractivity contribution in [3.63, 3.8) is 0 Å². The summed E-state index contributed by atoms with van der Waals surface area (Å²) in [5, 5.41) is 3.57. The lowest BCUT2D eigenvalue weighted by Crippen LogP contribution is -2.36. The standard InChI is InChI=1S/C14H22N2O/c1-3-7-15-12-6-8-17-14(9-12)13-5-4-11(2)10-16-13/h4-5,10,12,14-15H,3,6-9H2,1-2H3. The van der Waals surface area contributed by atoms with Gasteiger partial charge in [-0.15, -0.1) is 0 Å². The highest BCUT2D eigenvalue weighted by atomic mass is 16.5. The molecule has 0 bridgehead atoms. The van der Waals surface area contributed by atoms with Gasteiger partial charge >= 0.3 is 0 Å². The van der Waals surface area contributed by atoms with Gasteiger partial charge in [-0.05, 0) is 44.4 Å². The molecule has 1 N–H and O–H groups in total. The monoisotopic (exact) mass is 234 g/mol. The Morgan fingerprint density at radius 2 is 2.35 bits per heavy atom. The average molecular weight is 234 g/mol. The molecule has 0 aliphatic carbocycles. The number of rotatable bonds is 4. The fourth-order valence-electron chi connectivity index (χ4n) is 2.21. The van der Waals surface area contributed by atoms with Crippen LogP contribution in [0.2, 0.25) is 0 Å². The lowest BCUT2D eigenvalue weighted by molar-refractivity contribution is -0.00212. The van der Waals surface area contributed by atoms with Gasteiger partial charge in [-0.25, -0.2) is 0 Å². The van der Waals surface area contributed by atoms with E-state index in [4.69, 9.17) is 4.74 Å². The van der Waals surface area contributed by atoms with Crippen LogP contribution in [0.25, 0.3) is 0 Å². The molecule has 1 aromatic heterocycles. The van der Waals surface area contributed by atoms with Crippen molar-refractivity contribution in [2.75, 3.05) is 13.2 Å². The van der Waals surface area contributed by atoms with Gasteiger partial charge in [0.15, 0.2) is 0 Å². The summed E-state index contributed by atoms with van der Waals surface area (Å²) in [7, 11) is 0. The number of aromatic nitrogens is 1. The summed E-state index contributed by atoms with van der Waals surface area (Å²) in [6.07, 6.45) is 5.42. The van der Waals surface area contributed by atoms with Gasteiger partial charge in [0.1, 0.15) is 6.10 Å². The molecule has 2 heterocycles. The van der Waals surface area contributed by atoms with E-state index in [1.807, 2.05) is 6.20 Å². The normalized spacial score (nSPS) is 24.8. The number of nitrogens with one attached hydrogen (secondary N) is 1. The minimum atomic E-state index is 0.165. The molecule has 0 amide bonds. The summed E-state index contributed by atoms with van der Waals surface area (Å²) < 4.78 is 5.81. The van der Waals surface area contributed by atoms with E-state index in [-0.39, 0.29) is 6.10 Å². The minimum Gasteiger partial charge on any atom is -0.372 e. The Morgan fingerprint density at radius 1 is 1.47 bits per heavy atom. The molecular weight excluding hydrogens is 212 g/mol. The summed E-state index contributed by atoms with van der Waals surface area (Å²) in [5.41, 5.74) is 2.27. The lowest BCUT2D eigenvalue weighted by Gasteiger charge is -2.30. The van der Waals surface area contributed by atoms with Gasteiger partial charge < -0.3 is 10.1 Å². The second kappa shape index (κ2) is 6.12. The molecule has 1 aromatic rings. The molecular formula is C14H22N2O. The second-order valence-electron chi connectivity index (χ2n) is 4.80. The highest BCUT2D eigenvalue weighted by Crippen LogP contribution is 2.26. The van der Waals surface area contributed by atoms with E-state index in [0.717, 1.165) is 31.7 Å². The maximum Gasteiger partial charge on any atom is 0.101 e. The van der Waals surface area contributed by atoms with Crippen LogP contribution in [-0.2, 0) is 4.74 Å². The Bertz CT molecular complexity index is 337. The van der Waals surface area contributed by atoms with E-state index in [2.05, 4.69) is 36.3 Å². The zero-order valence-electron chi connectivity index (χ0n) is 10.8. The van der Waals surface area contributed by atoms with Crippen LogP contribution >= 0.6 is 0 Å². The number of aryl methyl sites for hydroxylation is 1. The maximum atomic E-state index is 5.81. The summed E-state index contributed by atoms with van der Waals surface area (Å²) in [5.74, 6) is 0. The summed E-state index contributed by atoms with van der Waals surface area (Å²) in [4.78, 5) is 4.46. The van der Waals surface area contributed by atoms with Crippen LogP contribution in [0.5, 0.6) is 0 Å². The van der Waals surface area contributed by atoms with E-state index in [1.165, 1.54) is 12.0 Å². The molecule has 3 nitrogen and oxygen atoms in total. The lowest BCUT2D eigenvalue weighted by atomic mass is 10.0. The molecule has 1 aliphatic heterocycles. The zero-order chi connectivity index (χ0) is 12.1. The van der Waals surface area contributed by atoms with Crippen molar-refractivity contribution in [2.24, 2.45) is 0 Å². The third-order valence-electron chi connectivity index (χ3n) is 3.23. The highest BCUT2D eigenvalue weighted by Gasteiger charge is 2.24. The third-order valence-corrected chi connectivity index (χ3v) is 3.23. The van der Waals surface area contributed by atoms with Crippen molar-refractivity contribution in [3.05, 3.63) is 29.6 Å². The predicted molar refractivity (Wildman–Crippen MR) is 69.0 cm³/mol. The van der Waals surface area contributed by atoms with Crippen molar-refractivity contribution >= 4 is 0 Å². The topological polar surface area (TPSA) is 34.1 Å². The summed E-state index contributed by atoms with van der Waals surface area (Å²) in [6.45, 7) is 6.19. The Morgan fingerprint density at radius 3 is 3.06 bits per heavy atom. The van der Waals surface area contributed by atoms with Crippen LogP contribution in [0, 0.1) is 6.92 Å². The van der Waals surface area contributed by atoms with Gasteiger partial charge in [0.2, 0.25) is 0 Å². The maximum absolute atomic E-state index is 5.81. The number of ether oxygens (including phenoxy) is 1. The quantitative estimate of drug-likeness (QED) is 0.869. The first-order chi connectivity index (χ1) is 8.29. The largest absolute Gasteiger partial charge is 0.372 e. The van der Waals surface area contributed by atoms with E-state index in [9.17, 15) is 0 Å². The van der Waals surface area contributed by atoms with E-state index < -0.39 is 0 Å². The third kappa shape index (κ3) is 3.51. The van der Waals surface area contributed by atoms with Crippen molar-refractivity contribution in [2.45, 2.75) is 45.3 Å². The van der Waals surface area contributed by atoms with Gasteiger partial charge in [-0.2, -0.15) is 0 Å². The van der Waals surface area contributed by atoms with E-state index in [0.29, 0.717) is 6.04 Å². The fourth-order valence-corrected chi connectivity index (χ4v) is 2.21. The molecule has 0 spiro atoms. The molecule has 2 rings (SSSR count). The van der Waals surface area contributed by atoms with E-state index in [1.54, 1.807) is 0 Å². The van der Waals surface area contributed by atoms with Crippen LogP contribution < -0.4 is 5.32 Å². The smallest absolute Gasteiger partial charge is 0.101 e. The number of nitrogens with zero attached hydrogens (tertiary/aromatic N) is 1. The molecule has 17 heavy (non-hydrogen) atoms. The van der Waals surface area contributed by atoms with E-state index >= 15 is 0 Å². The summed E-state index contributed by atoms with van der Waals surface area (Å²) in [6, 6.07) is 4.77. The number of pyridine rings is 1. The first-order valence-electron chi connectivity index (χ1n) is 6.57. The Kier molecular flexibility index (Phi) is 4.51. The molecule has 3 heteroatoms. The SMILES string of the molecule is CCCNC1CCOC(c2ccc(C)cn2)C1. The Labute approximate surface area is 104 Å². The molecule has 2 unspecified atom stereocenters. The average Bonchev–Trinajstić information content (AvgIpc) is 2.37. The van der Waals surface area contributed by atoms with Crippen LogP contribution in [0.1, 0.15) is 43.5 Å². The molecule has 0 radical (unpaired) electrons. The predicted octanol–water partition coefficient (Wildman–Crippen LogP) is 2.61. The van der Waals surface area contributed by atoms with Crippen molar-refractivity contribution in [3.8, 4) is 0 Å². The molecule has 1 aliphatic rings. The Balaban J connectivity index is 1.94. The van der Waals surface area contributed by atoms with Gasteiger partial charge in [0.05, 0.1) is 5.69 Å². The molecule has 0 aromatic carbocycles. The van der Waals surface area contributed by atoms with Gasteiger partial charge in [-0.3, -0.25) is 4.98 Å². The van der Waals surface area contributed by atoms with Crippen LogP contribution in [0.15, 0.2) is 18.3 Å². The van der Waals surface area contributed by atoms with Crippen molar-refractivity contribution < 1.29 is 4.74 Å². The molecule has 1 fully saturated rings.